The standard InChI is InChI=1S/C14H14F2/c1-10-3-2-4-11-8-13(15)5-6-14(16)9-12(11)7-10/h2,4,6,8-10,14H,3,7H2,1H3/b11-8-,12-9-/t5?,10-,14?/m1/s1. The van der Waals surface area contributed by atoms with E-state index in [1.807, 2.05) is 12.2 Å². The van der Waals surface area contributed by atoms with Crippen molar-refractivity contribution >= 4 is 0 Å². The molecular weight excluding hydrogens is 206 g/mol. The monoisotopic (exact) mass is 220 g/mol. The lowest BCUT2D eigenvalue weighted by Gasteiger charge is -2.12. The maximum absolute atomic E-state index is 13.4. The zero-order chi connectivity index (χ0) is 11.5. The Labute approximate surface area is 94.4 Å². The molecule has 0 aliphatic heterocycles. The van der Waals surface area contributed by atoms with E-state index in [2.05, 4.69) is 12.7 Å². The summed E-state index contributed by atoms with van der Waals surface area (Å²) in [7, 11) is 0. The maximum atomic E-state index is 13.4. The Hall–Kier alpha value is -1.40. The summed E-state index contributed by atoms with van der Waals surface area (Å²) in [6.45, 7) is 2.11. The van der Waals surface area contributed by atoms with Crippen molar-refractivity contribution in [1.29, 1.82) is 0 Å². The lowest BCUT2D eigenvalue weighted by molar-refractivity contribution is 0.464. The second-order valence-corrected chi connectivity index (χ2v) is 4.34. The highest BCUT2D eigenvalue weighted by Crippen LogP contribution is 2.29. The minimum Gasteiger partial charge on any atom is -0.238 e. The fourth-order valence-corrected chi connectivity index (χ4v) is 1.99. The van der Waals surface area contributed by atoms with Crippen molar-refractivity contribution in [2.45, 2.75) is 25.9 Å². The Bertz CT molecular complexity index is 432. The van der Waals surface area contributed by atoms with Crippen LogP contribution in [0.5, 0.6) is 0 Å². The van der Waals surface area contributed by atoms with Gasteiger partial charge < -0.3 is 0 Å². The number of alkyl halides is 1. The fraction of sp³-hybridized carbons (Fsp3) is 0.357. The summed E-state index contributed by atoms with van der Waals surface area (Å²) in [5.41, 5.74) is 3.95. The van der Waals surface area contributed by atoms with Crippen molar-refractivity contribution in [3.05, 3.63) is 53.1 Å². The molecule has 2 atom stereocenters. The third-order valence-electron chi connectivity index (χ3n) is 2.80. The molecule has 0 aromatic rings. The van der Waals surface area contributed by atoms with E-state index in [0.29, 0.717) is 5.92 Å². The van der Waals surface area contributed by atoms with E-state index in [-0.39, 0.29) is 0 Å². The topological polar surface area (TPSA) is 0 Å². The Kier molecular flexibility index (Phi) is 3.21. The van der Waals surface area contributed by atoms with Crippen LogP contribution >= 0.6 is 0 Å². The molecule has 0 nitrogen and oxygen atoms in total. The molecule has 2 rings (SSSR count). The highest BCUT2D eigenvalue weighted by atomic mass is 19.1. The number of fused-ring (bicyclic) bond motifs is 1. The molecule has 0 amide bonds. The Morgan fingerprint density at radius 3 is 3.06 bits per heavy atom. The van der Waals surface area contributed by atoms with Gasteiger partial charge in [0.15, 0.2) is 5.83 Å². The molecule has 0 bridgehead atoms. The summed E-state index contributed by atoms with van der Waals surface area (Å²) in [6.07, 6.45) is 8.47. The largest absolute Gasteiger partial charge is 0.238 e. The molecule has 1 unspecified atom stereocenters. The summed E-state index contributed by atoms with van der Waals surface area (Å²) >= 11 is 0. The van der Waals surface area contributed by atoms with Crippen molar-refractivity contribution in [2.24, 2.45) is 5.92 Å². The van der Waals surface area contributed by atoms with Crippen LogP contribution in [0.25, 0.3) is 0 Å². The third-order valence-corrected chi connectivity index (χ3v) is 2.80. The molecule has 0 radical (unpaired) electrons. The zero-order valence-electron chi connectivity index (χ0n) is 9.21. The van der Waals surface area contributed by atoms with Crippen LogP contribution in [0.4, 0.5) is 8.78 Å². The van der Waals surface area contributed by atoms with Gasteiger partial charge in [0, 0.05) is 0 Å². The van der Waals surface area contributed by atoms with E-state index in [1.54, 1.807) is 6.08 Å². The highest BCUT2D eigenvalue weighted by molar-refractivity contribution is 5.46. The number of hydrogen-bond donors (Lipinski definition) is 0. The van der Waals surface area contributed by atoms with Crippen molar-refractivity contribution in [3.8, 4) is 0 Å². The summed E-state index contributed by atoms with van der Waals surface area (Å²) in [6, 6.07) is 0. The van der Waals surface area contributed by atoms with E-state index in [0.717, 1.165) is 30.1 Å². The fourth-order valence-electron chi connectivity index (χ4n) is 1.99. The van der Waals surface area contributed by atoms with Crippen molar-refractivity contribution < 1.29 is 8.78 Å². The number of rotatable bonds is 0. The van der Waals surface area contributed by atoms with E-state index in [9.17, 15) is 8.78 Å². The minimum atomic E-state index is -1.25. The van der Waals surface area contributed by atoms with Crippen LogP contribution in [-0.4, -0.2) is 6.17 Å². The molecule has 0 aromatic heterocycles. The molecule has 16 heavy (non-hydrogen) atoms. The minimum absolute atomic E-state index is 0.469. The van der Waals surface area contributed by atoms with Gasteiger partial charge in [-0.2, -0.15) is 4.39 Å². The summed E-state index contributed by atoms with van der Waals surface area (Å²) in [5.74, 6) is -0.0431. The highest BCUT2D eigenvalue weighted by Gasteiger charge is 2.14. The number of hydrogen-bond acceptors (Lipinski definition) is 0. The Balaban J connectivity index is 2.45. The SMILES string of the molecule is C[C@@H]1CC=CC2=C/C(F)=C=CC(F)/C=C\2C1. The van der Waals surface area contributed by atoms with Crippen LogP contribution in [0.2, 0.25) is 0 Å². The van der Waals surface area contributed by atoms with Crippen molar-refractivity contribution in [2.75, 3.05) is 0 Å². The maximum Gasteiger partial charge on any atom is 0.165 e. The van der Waals surface area contributed by atoms with Gasteiger partial charge in [0.05, 0.1) is 0 Å². The van der Waals surface area contributed by atoms with Gasteiger partial charge in [-0.15, -0.1) is 0 Å². The van der Waals surface area contributed by atoms with Gasteiger partial charge >= 0.3 is 0 Å². The van der Waals surface area contributed by atoms with E-state index in [4.69, 9.17) is 0 Å². The van der Waals surface area contributed by atoms with Gasteiger partial charge in [0.2, 0.25) is 0 Å². The summed E-state index contributed by atoms with van der Waals surface area (Å²) in [4.78, 5) is 0. The van der Waals surface area contributed by atoms with E-state index in [1.165, 1.54) is 6.08 Å². The first-order valence-electron chi connectivity index (χ1n) is 5.51. The van der Waals surface area contributed by atoms with Crippen LogP contribution in [0.1, 0.15) is 19.8 Å². The summed E-state index contributed by atoms with van der Waals surface area (Å²) < 4.78 is 26.7. The predicted molar refractivity (Wildman–Crippen MR) is 61.3 cm³/mol. The van der Waals surface area contributed by atoms with Gasteiger partial charge in [-0.1, -0.05) is 24.8 Å². The molecule has 0 N–H and O–H groups in total. The van der Waals surface area contributed by atoms with Crippen LogP contribution in [0.15, 0.2) is 53.1 Å². The third kappa shape index (κ3) is 2.59. The molecule has 0 fully saturated rings. The van der Waals surface area contributed by atoms with Gasteiger partial charge in [-0.25, -0.2) is 4.39 Å². The zero-order valence-corrected chi connectivity index (χ0v) is 9.21. The second kappa shape index (κ2) is 4.63. The lowest BCUT2D eigenvalue weighted by atomic mass is 9.94. The normalized spacial score (nSPS) is 35.8. The average Bonchev–Trinajstić information content (AvgIpc) is 2.37. The first-order chi connectivity index (χ1) is 7.65. The predicted octanol–water partition coefficient (Wildman–Crippen LogP) is 4.19. The average molecular weight is 220 g/mol. The molecule has 2 aliphatic carbocycles. The molecule has 0 aromatic carbocycles. The van der Waals surface area contributed by atoms with Gasteiger partial charge in [-0.3, -0.25) is 0 Å². The van der Waals surface area contributed by atoms with Gasteiger partial charge in [0.25, 0.3) is 0 Å². The van der Waals surface area contributed by atoms with Crippen LogP contribution in [0.3, 0.4) is 0 Å². The Morgan fingerprint density at radius 1 is 1.44 bits per heavy atom. The first-order valence-corrected chi connectivity index (χ1v) is 5.51. The number of halogens is 2. The molecule has 2 heteroatoms. The molecule has 2 aliphatic rings. The quantitative estimate of drug-likeness (QED) is 0.537. The summed E-state index contributed by atoms with van der Waals surface area (Å²) in [5, 5.41) is 0. The molecule has 0 saturated carbocycles. The Morgan fingerprint density at radius 2 is 2.25 bits per heavy atom. The van der Waals surface area contributed by atoms with Gasteiger partial charge in [-0.05, 0) is 48.1 Å². The smallest absolute Gasteiger partial charge is 0.165 e. The molecule has 0 saturated heterocycles. The number of allylic oxidation sites excluding steroid dienone is 7. The second-order valence-electron chi connectivity index (χ2n) is 4.34. The van der Waals surface area contributed by atoms with E-state index < -0.39 is 12.0 Å². The molecule has 0 spiro atoms. The first kappa shape index (κ1) is 11.1. The van der Waals surface area contributed by atoms with Crippen molar-refractivity contribution in [1.82, 2.24) is 0 Å². The van der Waals surface area contributed by atoms with Crippen LogP contribution in [0, 0.1) is 5.92 Å². The lowest BCUT2D eigenvalue weighted by Crippen LogP contribution is -2.00. The van der Waals surface area contributed by atoms with E-state index >= 15 is 0 Å². The molecule has 0 heterocycles. The van der Waals surface area contributed by atoms with Gasteiger partial charge in [0.1, 0.15) is 6.17 Å². The van der Waals surface area contributed by atoms with Crippen LogP contribution < -0.4 is 0 Å². The molecular formula is C14H14F2. The molecule has 84 valence electrons. The van der Waals surface area contributed by atoms with Crippen molar-refractivity contribution in [3.63, 3.8) is 0 Å². The van der Waals surface area contributed by atoms with Crippen LogP contribution in [-0.2, 0) is 0 Å².